The van der Waals surface area contributed by atoms with E-state index in [0.29, 0.717) is 24.5 Å². The zero-order valence-electron chi connectivity index (χ0n) is 12.1. The normalized spacial score (nSPS) is 21.2. The van der Waals surface area contributed by atoms with Crippen LogP contribution in [0, 0.1) is 0 Å². The van der Waals surface area contributed by atoms with Crippen molar-refractivity contribution in [3.05, 3.63) is 23.8 Å². The van der Waals surface area contributed by atoms with Gasteiger partial charge in [0.1, 0.15) is 0 Å². The third-order valence-corrected chi connectivity index (χ3v) is 3.76. The second kappa shape index (κ2) is 7.00. The Morgan fingerprint density at radius 3 is 2.81 bits per heavy atom. The second-order valence-corrected chi connectivity index (χ2v) is 5.26. The molecule has 1 amide bonds. The van der Waals surface area contributed by atoms with Crippen molar-refractivity contribution < 1.29 is 14.3 Å². The minimum absolute atomic E-state index is 0. The van der Waals surface area contributed by atoms with Crippen molar-refractivity contribution in [1.29, 1.82) is 0 Å². The Labute approximate surface area is 131 Å². The summed E-state index contributed by atoms with van der Waals surface area (Å²) >= 11 is 0. The molecular formula is C15H21ClN2O3. The van der Waals surface area contributed by atoms with Crippen molar-refractivity contribution in [2.24, 2.45) is 0 Å². The molecule has 1 atom stereocenters. The van der Waals surface area contributed by atoms with Gasteiger partial charge in [-0.25, -0.2) is 0 Å². The fraction of sp³-hybridized carbons (Fsp3) is 0.533. The highest BCUT2D eigenvalue weighted by Crippen LogP contribution is 2.31. The van der Waals surface area contributed by atoms with E-state index in [2.05, 4.69) is 12.2 Å². The molecule has 0 radical (unpaired) electrons. The molecule has 3 rings (SSSR count). The lowest BCUT2D eigenvalue weighted by Crippen LogP contribution is -2.52. The number of amides is 1. The number of hydrogen-bond acceptors (Lipinski definition) is 4. The molecule has 2 aliphatic heterocycles. The molecule has 2 aliphatic rings. The monoisotopic (exact) mass is 312 g/mol. The molecule has 0 spiro atoms. The van der Waals surface area contributed by atoms with Crippen molar-refractivity contribution in [3.8, 4) is 11.5 Å². The predicted octanol–water partition coefficient (Wildman–Crippen LogP) is 1.70. The van der Waals surface area contributed by atoms with Gasteiger partial charge in [-0.3, -0.25) is 4.79 Å². The summed E-state index contributed by atoms with van der Waals surface area (Å²) in [5, 5.41) is 3.29. The fourth-order valence-electron chi connectivity index (χ4n) is 2.60. The number of carbonyl (C=O) groups is 1. The highest BCUT2D eigenvalue weighted by Gasteiger charge is 2.25. The molecule has 1 saturated heterocycles. The summed E-state index contributed by atoms with van der Waals surface area (Å²) in [5.41, 5.74) is 0.669. The predicted molar refractivity (Wildman–Crippen MR) is 82.7 cm³/mol. The Hall–Kier alpha value is -1.46. The Balaban J connectivity index is 0.00000161. The zero-order valence-corrected chi connectivity index (χ0v) is 12.9. The third-order valence-electron chi connectivity index (χ3n) is 3.76. The third kappa shape index (κ3) is 3.41. The van der Waals surface area contributed by atoms with Crippen LogP contribution >= 0.6 is 12.4 Å². The number of rotatable bonds is 1. The first-order chi connectivity index (χ1) is 9.75. The van der Waals surface area contributed by atoms with E-state index >= 15 is 0 Å². The van der Waals surface area contributed by atoms with E-state index in [1.807, 2.05) is 17.0 Å². The molecule has 0 aliphatic carbocycles. The van der Waals surface area contributed by atoms with E-state index in [1.165, 1.54) is 0 Å². The number of halogens is 1. The number of ether oxygens (including phenoxy) is 2. The lowest BCUT2D eigenvalue weighted by molar-refractivity contribution is 0.0655. The molecule has 0 unspecified atom stereocenters. The van der Waals surface area contributed by atoms with Crippen LogP contribution in [0.4, 0.5) is 0 Å². The van der Waals surface area contributed by atoms with Crippen LogP contribution in [-0.2, 0) is 0 Å². The SMILES string of the molecule is C[C@H]1CNCCN1C(=O)c1ccc2c(c1)OCCCO2.Cl. The van der Waals surface area contributed by atoms with Gasteiger partial charge in [-0.2, -0.15) is 0 Å². The zero-order chi connectivity index (χ0) is 13.9. The Morgan fingerprint density at radius 1 is 1.29 bits per heavy atom. The Morgan fingerprint density at radius 2 is 2.05 bits per heavy atom. The van der Waals surface area contributed by atoms with Gasteiger partial charge in [0, 0.05) is 37.7 Å². The van der Waals surface area contributed by atoms with Crippen LogP contribution in [0.5, 0.6) is 11.5 Å². The van der Waals surface area contributed by atoms with Gasteiger partial charge in [0.25, 0.3) is 5.91 Å². The summed E-state index contributed by atoms with van der Waals surface area (Å²) in [6.07, 6.45) is 0.868. The van der Waals surface area contributed by atoms with Gasteiger partial charge in [-0.1, -0.05) is 0 Å². The maximum atomic E-state index is 12.6. The minimum Gasteiger partial charge on any atom is -0.490 e. The summed E-state index contributed by atoms with van der Waals surface area (Å²) in [6, 6.07) is 5.68. The minimum atomic E-state index is 0. The van der Waals surface area contributed by atoms with Crippen LogP contribution in [0.1, 0.15) is 23.7 Å². The average Bonchev–Trinajstić information content (AvgIpc) is 2.71. The Bertz CT molecular complexity index is 510. The van der Waals surface area contributed by atoms with Gasteiger partial charge in [0.05, 0.1) is 13.2 Å². The number of hydrogen-bond donors (Lipinski definition) is 1. The van der Waals surface area contributed by atoms with Crippen LogP contribution in [0.2, 0.25) is 0 Å². The summed E-state index contributed by atoms with van der Waals surface area (Å²) in [4.78, 5) is 14.5. The molecule has 1 fully saturated rings. The first-order valence-corrected chi connectivity index (χ1v) is 7.17. The molecule has 116 valence electrons. The lowest BCUT2D eigenvalue weighted by Gasteiger charge is -2.34. The van der Waals surface area contributed by atoms with Gasteiger partial charge in [-0.05, 0) is 25.1 Å². The van der Waals surface area contributed by atoms with Crippen LogP contribution in [0.25, 0.3) is 0 Å². The van der Waals surface area contributed by atoms with Crippen molar-refractivity contribution in [1.82, 2.24) is 10.2 Å². The fourth-order valence-corrected chi connectivity index (χ4v) is 2.60. The van der Waals surface area contributed by atoms with Crippen LogP contribution < -0.4 is 14.8 Å². The highest BCUT2D eigenvalue weighted by atomic mass is 35.5. The maximum absolute atomic E-state index is 12.6. The average molecular weight is 313 g/mol. The number of nitrogens with one attached hydrogen (secondary N) is 1. The number of nitrogens with zero attached hydrogens (tertiary/aromatic N) is 1. The first-order valence-electron chi connectivity index (χ1n) is 7.17. The lowest BCUT2D eigenvalue weighted by atomic mass is 10.1. The van der Waals surface area contributed by atoms with Gasteiger partial charge < -0.3 is 19.7 Å². The number of carbonyl (C=O) groups excluding carboxylic acids is 1. The number of piperazine rings is 1. The van der Waals surface area contributed by atoms with Crippen molar-refractivity contribution in [2.75, 3.05) is 32.8 Å². The van der Waals surface area contributed by atoms with Gasteiger partial charge in [-0.15, -0.1) is 12.4 Å². The number of benzene rings is 1. The van der Waals surface area contributed by atoms with E-state index in [1.54, 1.807) is 6.07 Å². The van der Waals surface area contributed by atoms with Crippen molar-refractivity contribution >= 4 is 18.3 Å². The van der Waals surface area contributed by atoms with Crippen LogP contribution in [-0.4, -0.2) is 49.7 Å². The smallest absolute Gasteiger partial charge is 0.254 e. The van der Waals surface area contributed by atoms with Gasteiger partial charge in [0.2, 0.25) is 0 Å². The standard InChI is InChI=1S/C15H20N2O3.ClH/c1-11-10-16-5-6-17(11)15(18)12-3-4-13-14(9-12)20-8-2-7-19-13;/h3-4,9,11,16H,2,5-8,10H2,1H3;1H/t11-;/m0./s1. The van der Waals surface area contributed by atoms with Crippen LogP contribution in [0.15, 0.2) is 18.2 Å². The first kappa shape index (κ1) is 15.9. The van der Waals surface area contributed by atoms with Crippen molar-refractivity contribution in [3.63, 3.8) is 0 Å². The molecule has 5 nitrogen and oxygen atoms in total. The molecule has 0 saturated carbocycles. The molecular weight excluding hydrogens is 292 g/mol. The van der Waals surface area contributed by atoms with E-state index < -0.39 is 0 Å². The maximum Gasteiger partial charge on any atom is 0.254 e. The van der Waals surface area contributed by atoms with Gasteiger partial charge >= 0.3 is 0 Å². The molecule has 0 bridgehead atoms. The topological polar surface area (TPSA) is 50.8 Å². The van der Waals surface area contributed by atoms with E-state index in [0.717, 1.165) is 31.8 Å². The molecule has 21 heavy (non-hydrogen) atoms. The summed E-state index contributed by atoms with van der Waals surface area (Å²) in [5.74, 6) is 1.47. The summed E-state index contributed by atoms with van der Waals surface area (Å²) in [6.45, 7) is 5.79. The molecule has 6 heteroatoms. The molecule has 1 N–H and O–H groups in total. The number of fused-ring (bicyclic) bond motifs is 1. The largest absolute Gasteiger partial charge is 0.490 e. The molecule has 1 aromatic carbocycles. The molecule has 1 aromatic rings. The quantitative estimate of drug-likeness (QED) is 0.857. The molecule has 0 aromatic heterocycles. The van der Waals surface area contributed by atoms with E-state index in [-0.39, 0.29) is 24.4 Å². The van der Waals surface area contributed by atoms with Crippen molar-refractivity contribution in [2.45, 2.75) is 19.4 Å². The highest BCUT2D eigenvalue weighted by molar-refractivity contribution is 5.95. The summed E-state index contributed by atoms with van der Waals surface area (Å²) < 4.78 is 11.2. The van der Waals surface area contributed by atoms with E-state index in [9.17, 15) is 4.79 Å². The second-order valence-electron chi connectivity index (χ2n) is 5.26. The van der Waals surface area contributed by atoms with Gasteiger partial charge in [0.15, 0.2) is 11.5 Å². The van der Waals surface area contributed by atoms with Crippen LogP contribution in [0.3, 0.4) is 0 Å². The summed E-state index contributed by atoms with van der Waals surface area (Å²) in [7, 11) is 0. The molecule has 2 heterocycles. The Kier molecular flexibility index (Phi) is 5.31. The van der Waals surface area contributed by atoms with E-state index in [4.69, 9.17) is 9.47 Å².